The zero-order valence-electron chi connectivity index (χ0n) is 17.0. The lowest BCUT2D eigenvalue weighted by atomic mass is 10.2. The van der Waals surface area contributed by atoms with Gasteiger partial charge in [0.05, 0.1) is 22.6 Å². The molecule has 29 heavy (non-hydrogen) atoms. The van der Waals surface area contributed by atoms with Crippen molar-refractivity contribution in [3.63, 3.8) is 0 Å². The third-order valence-electron chi connectivity index (χ3n) is 6.09. The monoisotopic (exact) mass is 391 g/mol. The average Bonchev–Trinajstić information content (AvgIpc) is 2.96. The Labute approximate surface area is 170 Å². The van der Waals surface area contributed by atoms with E-state index in [0.29, 0.717) is 0 Å². The van der Waals surface area contributed by atoms with Crippen molar-refractivity contribution in [2.45, 2.75) is 13.3 Å². The van der Waals surface area contributed by atoms with E-state index in [0.717, 1.165) is 78.8 Å². The Morgan fingerprint density at radius 2 is 1.93 bits per heavy atom. The van der Waals surface area contributed by atoms with Gasteiger partial charge in [-0.05, 0) is 63.3 Å². The molecule has 5 nitrogen and oxygen atoms in total. The molecule has 0 atom stereocenters. The summed E-state index contributed by atoms with van der Waals surface area (Å²) in [4.78, 5) is 12.0. The van der Waals surface area contributed by atoms with Crippen LogP contribution in [0.15, 0.2) is 43.0 Å². The van der Waals surface area contributed by atoms with Crippen LogP contribution in [0, 0.1) is 5.82 Å². The zero-order valence-corrected chi connectivity index (χ0v) is 17.0. The fourth-order valence-corrected chi connectivity index (χ4v) is 4.53. The summed E-state index contributed by atoms with van der Waals surface area (Å²) in [6, 6.07) is 11.2. The molecular weight excluding hydrogens is 365 g/mol. The summed E-state index contributed by atoms with van der Waals surface area (Å²) in [6.07, 6.45) is 1.13. The second-order valence-corrected chi connectivity index (χ2v) is 7.92. The van der Waals surface area contributed by atoms with Crippen LogP contribution in [0.5, 0.6) is 0 Å². The second kappa shape index (κ2) is 6.88. The molecule has 4 heterocycles. The van der Waals surface area contributed by atoms with Gasteiger partial charge in [-0.15, -0.1) is 0 Å². The van der Waals surface area contributed by atoms with Gasteiger partial charge in [0.1, 0.15) is 11.6 Å². The molecule has 1 aromatic carbocycles. The predicted octanol–water partition coefficient (Wildman–Crippen LogP) is 4.12. The molecule has 0 N–H and O–H groups in total. The molecule has 0 saturated carbocycles. The van der Waals surface area contributed by atoms with Crippen LogP contribution in [0.25, 0.3) is 22.4 Å². The first-order chi connectivity index (χ1) is 14.1. The van der Waals surface area contributed by atoms with Gasteiger partial charge >= 0.3 is 0 Å². The number of nitrogens with zero attached hydrogens (tertiary/aromatic N) is 5. The maximum atomic E-state index is 13.8. The lowest BCUT2D eigenvalue weighted by Crippen LogP contribution is -2.31. The van der Waals surface area contributed by atoms with Crippen LogP contribution in [0.2, 0.25) is 0 Å². The first-order valence-corrected chi connectivity index (χ1v) is 10.3. The number of benzene rings is 1. The van der Waals surface area contributed by atoms with E-state index in [-0.39, 0.29) is 5.82 Å². The van der Waals surface area contributed by atoms with E-state index in [1.54, 1.807) is 6.07 Å². The van der Waals surface area contributed by atoms with Crippen LogP contribution in [0.3, 0.4) is 0 Å². The molecule has 150 valence electrons. The minimum Gasteiger partial charge on any atom is -0.355 e. The normalized spacial score (nSPS) is 17.4. The summed E-state index contributed by atoms with van der Waals surface area (Å²) in [5, 5.41) is 0.869. The Kier molecular flexibility index (Phi) is 4.32. The highest BCUT2D eigenvalue weighted by Crippen LogP contribution is 2.41. The standard InChI is InChI=1S/C23H26FN5/c1-4-28-16(2)21-15-17-14-18(24)6-7-19(17)29(21)23-20(28)8-9-22(25-23)27-11-5-10-26(3)12-13-27/h6-9,14-15H,2,4-5,10-13H2,1,3H3. The van der Waals surface area contributed by atoms with Gasteiger partial charge in [-0.3, -0.25) is 4.57 Å². The molecule has 2 aliphatic heterocycles. The molecule has 1 saturated heterocycles. The molecule has 0 unspecified atom stereocenters. The molecule has 6 heteroatoms. The first-order valence-electron chi connectivity index (χ1n) is 10.3. The molecule has 0 spiro atoms. The fraction of sp³-hybridized carbons (Fsp3) is 0.348. The highest BCUT2D eigenvalue weighted by molar-refractivity contribution is 5.94. The summed E-state index contributed by atoms with van der Waals surface area (Å²) in [5.41, 5.74) is 3.89. The highest BCUT2D eigenvalue weighted by atomic mass is 19.1. The molecule has 1 fully saturated rings. The largest absolute Gasteiger partial charge is 0.355 e. The number of aromatic nitrogens is 2. The number of hydrogen-bond acceptors (Lipinski definition) is 4. The summed E-state index contributed by atoms with van der Waals surface area (Å²) in [7, 11) is 2.17. The van der Waals surface area contributed by atoms with Gasteiger partial charge in [0.25, 0.3) is 0 Å². The molecule has 5 rings (SSSR count). The number of rotatable bonds is 2. The smallest absolute Gasteiger partial charge is 0.164 e. The van der Waals surface area contributed by atoms with Crippen LogP contribution in [-0.4, -0.2) is 54.2 Å². The number of likely N-dealkylation sites (N-methyl/N-ethyl adjacent to an activating group) is 1. The number of pyridine rings is 1. The third kappa shape index (κ3) is 2.90. The van der Waals surface area contributed by atoms with Crippen LogP contribution in [0.4, 0.5) is 15.9 Å². The molecule has 0 radical (unpaired) electrons. The second-order valence-electron chi connectivity index (χ2n) is 7.92. The number of fused-ring (bicyclic) bond motifs is 5. The number of hydrogen-bond donors (Lipinski definition) is 0. The number of anilines is 2. The lowest BCUT2D eigenvalue weighted by Gasteiger charge is -2.34. The van der Waals surface area contributed by atoms with Gasteiger partial charge < -0.3 is 14.7 Å². The van der Waals surface area contributed by atoms with E-state index in [1.165, 1.54) is 6.07 Å². The van der Waals surface area contributed by atoms with Crippen molar-refractivity contribution in [2.75, 3.05) is 49.6 Å². The SMILES string of the molecule is C=C1c2cc3cc(F)ccc3n2-c2nc(N3CCCN(C)CC3)ccc2N1CC. The Balaban J connectivity index is 1.68. The Morgan fingerprint density at radius 1 is 1.07 bits per heavy atom. The van der Waals surface area contributed by atoms with Gasteiger partial charge in [-0.1, -0.05) is 6.58 Å². The minimum atomic E-state index is -0.228. The van der Waals surface area contributed by atoms with Gasteiger partial charge in [0, 0.05) is 31.6 Å². The zero-order chi connectivity index (χ0) is 20.1. The maximum absolute atomic E-state index is 13.8. The maximum Gasteiger partial charge on any atom is 0.164 e. The molecule has 0 bridgehead atoms. The van der Waals surface area contributed by atoms with Crippen molar-refractivity contribution in [3.05, 3.63) is 54.5 Å². The fourth-order valence-electron chi connectivity index (χ4n) is 4.53. The molecule has 3 aromatic rings. The molecular formula is C23H26FN5. The van der Waals surface area contributed by atoms with E-state index < -0.39 is 0 Å². The van der Waals surface area contributed by atoms with Crippen molar-refractivity contribution in [1.29, 1.82) is 0 Å². The van der Waals surface area contributed by atoms with Crippen LogP contribution in [-0.2, 0) is 0 Å². The van der Waals surface area contributed by atoms with Gasteiger partial charge in [0.15, 0.2) is 5.82 Å². The first kappa shape index (κ1) is 18.2. The minimum absolute atomic E-state index is 0.228. The summed E-state index contributed by atoms with van der Waals surface area (Å²) < 4.78 is 16.0. The lowest BCUT2D eigenvalue weighted by molar-refractivity contribution is 0.360. The van der Waals surface area contributed by atoms with Crippen LogP contribution >= 0.6 is 0 Å². The molecule has 2 aliphatic rings. The van der Waals surface area contributed by atoms with Crippen molar-refractivity contribution in [2.24, 2.45) is 0 Å². The molecule has 0 aliphatic carbocycles. The quantitative estimate of drug-likeness (QED) is 0.657. The van der Waals surface area contributed by atoms with Crippen LogP contribution < -0.4 is 9.80 Å². The average molecular weight is 391 g/mol. The van der Waals surface area contributed by atoms with Crippen molar-refractivity contribution in [1.82, 2.24) is 14.5 Å². The Morgan fingerprint density at radius 3 is 2.76 bits per heavy atom. The van der Waals surface area contributed by atoms with E-state index in [1.807, 2.05) is 12.1 Å². The van der Waals surface area contributed by atoms with E-state index in [9.17, 15) is 4.39 Å². The van der Waals surface area contributed by atoms with E-state index in [2.05, 4.69) is 51.9 Å². The summed E-state index contributed by atoms with van der Waals surface area (Å²) in [5.74, 6) is 1.66. The van der Waals surface area contributed by atoms with E-state index in [4.69, 9.17) is 4.98 Å². The number of halogens is 1. The molecule has 2 aromatic heterocycles. The van der Waals surface area contributed by atoms with Crippen molar-refractivity contribution in [3.8, 4) is 5.82 Å². The Bertz CT molecular complexity index is 1100. The third-order valence-corrected chi connectivity index (χ3v) is 6.09. The van der Waals surface area contributed by atoms with Gasteiger partial charge in [0.2, 0.25) is 0 Å². The molecule has 0 amide bonds. The highest BCUT2D eigenvalue weighted by Gasteiger charge is 2.28. The van der Waals surface area contributed by atoms with Gasteiger partial charge in [-0.2, -0.15) is 0 Å². The van der Waals surface area contributed by atoms with Gasteiger partial charge in [-0.25, -0.2) is 9.37 Å². The van der Waals surface area contributed by atoms with Crippen LogP contribution in [0.1, 0.15) is 19.0 Å². The van der Waals surface area contributed by atoms with E-state index >= 15 is 0 Å². The van der Waals surface area contributed by atoms with Crippen molar-refractivity contribution >= 4 is 28.1 Å². The van der Waals surface area contributed by atoms with Crippen molar-refractivity contribution < 1.29 is 4.39 Å². The summed E-state index contributed by atoms with van der Waals surface area (Å²) >= 11 is 0. The summed E-state index contributed by atoms with van der Waals surface area (Å²) in [6.45, 7) is 11.4. The Hall–Kier alpha value is -2.86. The topological polar surface area (TPSA) is 27.5 Å². The predicted molar refractivity (Wildman–Crippen MR) is 117 cm³/mol.